The minimum atomic E-state index is -0.531. The normalized spacial score (nSPS) is 10.1. The van der Waals surface area contributed by atoms with Crippen molar-refractivity contribution in [1.82, 2.24) is 9.97 Å². The van der Waals surface area contributed by atoms with Gasteiger partial charge in [0.05, 0.1) is 0 Å². The van der Waals surface area contributed by atoms with E-state index in [-0.39, 0.29) is 5.69 Å². The lowest BCUT2D eigenvalue weighted by molar-refractivity contribution is 0.0996. The van der Waals surface area contributed by atoms with E-state index in [4.69, 9.17) is 5.73 Å². The van der Waals surface area contributed by atoms with Crippen LogP contribution in [-0.4, -0.2) is 15.9 Å². The second-order valence-corrected chi connectivity index (χ2v) is 3.45. The Hall–Kier alpha value is -2.23. The molecule has 4 heteroatoms. The van der Waals surface area contributed by atoms with Crippen molar-refractivity contribution in [2.45, 2.75) is 6.92 Å². The van der Waals surface area contributed by atoms with E-state index in [1.54, 1.807) is 24.5 Å². The third-order valence-corrected chi connectivity index (χ3v) is 2.26. The van der Waals surface area contributed by atoms with Crippen molar-refractivity contribution < 1.29 is 4.79 Å². The van der Waals surface area contributed by atoms with Gasteiger partial charge in [-0.05, 0) is 19.1 Å². The van der Waals surface area contributed by atoms with Crippen LogP contribution in [0.2, 0.25) is 0 Å². The van der Waals surface area contributed by atoms with E-state index in [2.05, 4.69) is 9.97 Å². The molecule has 2 rings (SSSR count). The van der Waals surface area contributed by atoms with Gasteiger partial charge in [-0.1, -0.05) is 12.1 Å². The van der Waals surface area contributed by atoms with Gasteiger partial charge in [-0.15, -0.1) is 0 Å². The van der Waals surface area contributed by atoms with Crippen molar-refractivity contribution in [3.05, 3.63) is 48.0 Å². The summed E-state index contributed by atoms with van der Waals surface area (Å²) in [6.45, 7) is 1.90. The highest BCUT2D eigenvalue weighted by atomic mass is 16.1. The third-order valence-electron chi connectivity index (χ3n) is 2.26. The second-order valence-electron chi connectivity index (χ2n) is 3.45. The maximum absolute atomic E-state index is 11.2. The van der Waals surface area contributed by atoms with Gasteiger partial charge in [0, 0.05) is 29.2 Å². The van der Waals surface area contributed by atoms with Crippen LogP contribution in [0.25, 0.3) is 11.1 Å². The Bertz CT molecular complexity index is 520. The van der Waals surface area contributed by atoms with Crippen LogP contribution < -0.4 is 5.73 Å². The molecule has 16 heavy (non-hydrogen) atoms. The van der Waals surface area contributed by atoms with Gasteiger partial charge in [-0.25, -0.2) is 0 Å². The largest absolute Gasteiger partial charge is 0.364 e. The number of nitrogens with zero attached hydrogens (tertiary/aromatic N) is 2. The monoisotopic (exact) mass is 213 g/mol. The van der Waals surface area contributed by atoms with Crippen molar-refractivity contribution in [3.8, 4) is 11.1 Å². The van der Waals surface area contributed by atoms with Crippen LogP contribution in [0.3, 0.4) is 0 Å². The molecule has 0 bridgehead atoms. The number of hydrogen-bond acceptors (Lipinski definition) is 3. The average molecular weight is 213 g/mol. The molecule has 0 aliphatic rings. The van der Waals surface area contributed by atoms with Crippen molar-refractivity contribution >= 4 is 5.91 Å². The van der Waals surface area contributed by atoms with Crippen LogP contribution >= 0.6 is 0 Å². The zero-order chi connectivity index (χ0) is 11.5. The summed E-state index contributed by atoms with van der Waals surface area (Å²) in [4.78, 5) is 19.4. The van der Waals surface area contributed by atoms with Crippen molar-refractivity contribution in [2.75, 3.05) is 0 Å². The number of aryl methyl sites for hydroxylation is 1. The molecule has 1 amide bonds. The van der Waals surface area contributed by atoms with Crippen LogP contribution in [-0.2, 0) is 0 Å². The lowest BCUT2D eigenvalue weighted by Gasteiger charge is -2.05. The van der Waals surface area contributed by atoms with E-state index in [9.17, 15) is 4.79 Å². The summed E-state index contributed by atoms with van der Waals surface area (Å²) in [6, 6.07) is 7.35. The molecule has 0 saturated carbocycles. The van der Waals surface area contributed by atoms with Crippen molar-refractivity contribution in [3.63, 3.8) is 0 Å². The fourth-order valence-electron chi connectivity index (χ4n) is 1.46. The van der Waals surface area contributed by atoms with Gasteiger partial charge >= 0.3 is 0 Å². The van der Waals surface area contributed by atoms with Crippen LogP contribution in [0, 0.1) is 6.92 Å². The van der Waals surface area contributed by atoms with Crippen LogP contribution in [0.4, 0.5) is 0 Å². The van der Waals surface area contributed by atoms with Crippen molar-refractivity contribution in [2.24, 2.45) is 5.73 Å². The molecule has 2 N–H and O–H groups in total. The molecular formula is C12H11N3O. The number of primary amides is 1. The lowest BCUT2D eigenvalue weighted by Crippen LogP contribution is -2.14. The Morgan fingerprint density at radius 2 is 2.06 bits per heavy atom. The summed E-state index contributed by atoms with van der Waals surface area (Å²) in [5, 5.41) is 0. The van der Waals surface area contributed by atoms with Gasteiger partial charge in [0.15, 0.2) is 0 Å². The summed E-state index contributed by atoms with van der Waals surface area (Å²) in [7, 11) is 0. The smallest absolute Gasteiger partial charge is 0.267 e. The molecule has 0 saturated heterocycles. The van der Waals surface area contributed by atoms with E-state index in [1.807, 2.05) is 19.1 Å². The third kappa shape index (κ3) is 1.91. The van der Waals surface area contributed by atoms with Gasteiger partial charge in [0.25, 0.3) is 5.91 Å². The Morgan fingerprint density at radius 1 is 1.25 bits per heavy atom. The highest BCUT2D eigenvalue weighted by molar-refractivity contribution is 5.97. The number of carbonyl (C=O) groups is 1. The number of carbonyl (C=O) groups excluding carboxylic acids is 1. The molecule has 2 aromatic rings. The van der Waals surface area contributed by atoms with E-state index in [0.717, 1.165) is 11.3 Å². The van der Waals surface area contributed by atoms with E-state index in [0.29, 0.717) is 5.56 Å². The van der Waals surface area contributed by atoms with Gasteiger partial charge in [-0.3, -0.25) is 14.8 Å². The molecular weight excluding hydrogens is 202 g/mol. The standard InChI is InChI=1S/C12H11N3O/c1-8-4-5-9(7-15-8)10-3-2-6-14-11(10)12(13)16/h2-7H,1H3,(H2,13,16). The fourth-order valence-corrected chi connectivity index (χ4v) is 1.46. The Morgan fingerprint density at radius 3 is 2.69 bits per heavy atom. The number of amides is 1. The summed E-state index contributed by atoms with van der Waals surface area (Å²) in [5.74, 6) is -0.531. The van der Waals surface area contributed by atoms with E-state index < -0.39 is 5.91 Å². The molecule has 0 fully saturated rings. The van der Waals surface area contributed by atoms with Gasteiger partial charge in [0.2, 0.25) is 0 Å². The van der Waals surface area contributed by atoms with Crippen molar-refractivity contribution in [1.29, 1.82) is 0 Å². The SMILES string of the molecule is Cc1ccc(-c2cccnc2C(N)=O)cn1. The highest BCUT2D eigenvalue weighted by Gasteiger charge is 2.10. The zero-order valence-corrected chi connectivity index (χ0v) is 8.84. The fraction of sp³-hybridized carbons (Fsp3) is 0.0833. The molecule has 0 aromatic carbocycles. The molecule has 0 aliphatic heterocycles. The topological polar surface area (TPSA) is 68.9 Å². The number of hydrogen-bond donors (Lipinski definition) is 1. The quantitative estimate of drug-likeness (QED) is 0.822. The predicted molar refractivity (Wildman–Crippen MR) is 60.7 cm³/mol. The first-order valence-electron chi connectivity index (χ1n) is 4.86. The molecule has 80 valence electrons. The average Bonchev–Trinajstić information content (AvgIpc) is 2.30. The number of pyridine rings is 2. The lowest BCUT2D eigenvalue weighted by atomic mass is 10.1. The minimum absolute atomic E-state index is 0.271. The maximum atomic E-state index is 11.2. The Kier molecular flexibility index (Phi) is 2.64. The maximum Gasteiger partial charge on any atom is 0.267 e. The van der Waals surface area contributed by atoms with Gasteiger partial charge in [0.1, 0.15) is 5.69 Å². The minimum Gasteiger partial charge on any atom is -0.364 e. The van der Waals surface area contributed by atoms with Gasteiger partial charge in [-0.2, -0.15) is 0 Å². The van der Waals surface area contributed by atoms with Crippen LogP contribution in [0.1, 0.15) is 16.2 Å². The summed E-state index contributed by atoms with van der Waals surface area (Å²) in [6.07, 6.45) is 3.25. The number of aromatic nitrogens is 2. The first-order valence-corrected chi connectivity index (χ1v) is 4.86. The second kappa shape index (κ2) is 4.10. The molecule has 2 aromatic heterocycles. The molecule has 2 heterocycles. The summed E-state index contributed by atoms with van der Waals surface area (Å²) >= 11 is 0. The van der Waals surface area contributed by atoms with Gasteiger partial charge < -0.3 is 5.73 Å². The molecule has 0 atom stereocenters. The molecule has 0 spiro atoms. The predicted octanol–water partition coefficient (Wildman–Crippen LogP) is 1.55. The molecule has 0 unspecified atom stereocenters. The molecule has 0 aliphatic carbocycles. The number of nitrogens with two attached hydrogens (primary N) is 1. The van der Waals surface area contributed by atoms with E-state index in [1.165, 1.54) is 0 Å². The molecule has 4 nitrogen and oxygen atoms in total. The Labute approximate surface area is 93.2 Å². The zero-order valence-electron chi connectivity index (χ0n) is 8.84. The summed E-state index contributed by atoms with van der Waals surface area (Å²) in [5.41, 5.74) is 8.01. The Balaban J connectivity index is 2.55. The number of rotatable bonds is 2. The van der Waals surface area contributed by atoms with Crippen LogP contribution in [0.15, 0.2) is 36.7 Å². The first kappa shape index (κ1) is 10.3. The summed E-state index contributed by atoms with van der Waals surface area (Å²) < 4.78 is 0. The molecule has 0 radical (unpaired) electrons. The first-order chi connectivity index (χ1) is 7.68. The highest BCUT2D eigenvalue weighted by Crippen LogP contribution is 2.20. The van der Waals surface area contributed by atoms with Crippen LogP contribution in [0.5, 0.6) is 0 Å². The van der Waals surface area contributed by atoms with E-state index >= 15 is 0 Å².